The first kappa shape index (κ1) is 20.1. The maximum atomic E-state index is 10.2. The highest BCUT2D eigenvalue weighted by atomic mass is 17.0. The maximum Gasteiger partial charge on any atom is 0.294 e. The molecule has 0 atom stereocenters. The molecule has 0 unspecified atom stereocenters. The van der Waals surface area contributed by atoms with E-state index in [-0.39, 0.29) is 26.3 Å². The lowest BCUT2D eigenvalue weighted by Crippen LogP contribution is -2.33. The number of fused-ring (bicyclic) bond motifs is 1. The molecule has 2 rings (SSSR count). The largest absolute Gasteiger partial charge is 0.384 e. The maximum absolute atomic E-state index is 10.2. The van der Waals surface area contributed by atoms with E-state index in [1.165, 1.54) is 0 Å². The molecule has 146 valence electrons. The highest BCUT2D eigenvalue weighted by molar-refractivity contribution is 5.90. The standard InChI is InChI=1S/C16H21N5O6/c22-20(23)26-12-10-19(11-13-27-21(24)25)9-3-7-17-16-6-8-18-15-5-2-1-4-14(15)16/h1-2,4-6,8H,3,7,9-13H2,(H,17,18). The number of nitrogens with one attached hydrogen (secondary N) is 1. The van der Waals surface area contributed by atoms with E-state index >= 15 is 0 Å². The molecular weight excluding hydrogens is 358 g/mol. The molecule has 0 aliphatic heterocycles. The minimum Gasteiger partial charge on any atom is -0.384 e. The van der Waals surface area contributed by atoms with Crippen molar-refractivity contribution in [1.82, 2.24) is 9.88 Å². The number of hydrogen-bond donors (Lipinski definition) is 1. The van der Waals surface area contributed by atoms with Crippen LogP contribution in [0.4, 0.5) is 5.69 Å². The van der Waals surface area contributed by atoms with Gasteiger partial charge in [0.1, 0.15) is 13.2 Å². The third kappa shape index (κ3) is 7.28. The van der Waals surface area contributed by atoms with Crippen LogP contribution in [0.25, 0.3) is 10.9 Å². The summed E-state index contributed by atoms with van der Waals surface area (Å²) < 4.78 is 0. The lowest BCUT2D eigenvalue weighted by molar-refractivity contribution is -0.758. The van der Waals surface area contributed by atoms with Gasteiger partial charge in [-0.1, -0.05) is 18.2 Å². The Morgan fingerprint density at radius 2 is 1.67 bits per heavy atom. The van der Waals surface area contributed by atoms with Crippen LogP contribution in [0.5, 0.6) is 0 Å². The Morgan fingerprint density at radius 3 is 2.33 bits per heavy atom. The molecule has 1 N–H and O–H groups in total. The van der Waals surface area contributed by atoms with Gasteiger partial charge < -0.3 is 15.0 Å². The second-order valence-electron chi connectivity index (χ2n) is 5.61. The quantitative estimate of drug-likeness (QED) is 0.314. The molecule has 1 aromatic carbocycles. The number of para-hydroxylation sites is 1. The second kappa shape index (κ2) is 10.7. The van der Waals surface area contributed by atoms with E-state index in [0.29, 0.717) is 13.1 Å². The monoisotopic (exact) mass is 379 g/mol. The SMILES string of the molecule is O=[N+]([O-])OCCN(CCCNc1ccnc2ccccc12)CCO[N+](=O)[O-]. The Morgan fingerprint density at radius 1 is 1.00 bits per heavy atom. The third-order valence-corrected chi connectivity index (χ3v) is 3.82. The summed E-state index contributed by atoms with van der Waals surface area (Å²) in [5.41, 5.74) is 1.87. The summed E-state index contributed by atoms with van der Waals surface area (Å²) >= 11 is 0. The van der Waals surface area contributed by atoms with Crippen LogP contribution in [-0.4, -0.2) is 59.4 Å². The Balaban J connectivity index is 1.80. The summed E-state index contributed by atoms with van der Waals surface area (Å²) in [5, 5.41) is 23.1. The van der Waals surface area contributed by atoms with Crippen LogP contribution in [0.1, 0.15) is 6.42 Å². The summed E-state index contributed by atoms with van der Waals surface area (Å²) in [4.78, 5) is 35.2. The molecule has 0 saturated heterocycles. The molecule has 1 heterocycles. The topological polar surface area (TPSA) is 133 Å². The van der Waals surface area contributed by atoms with E-state index in [1.54, 1.807) is 6.20 Å². The van der Waals surface area contributed by atoms with Crippen molar-refractivity contribution in [1.29, 1.82) is 0 Å². The van der Waals surface area contributed by atoms with Crippen LogP contribution >= 0.6 is 0 Å². The average molecular weight is 379 g/mol. The highest BCUT2D eigenvalue weighted by Crippen LogP contribution is 2.20. The fourth-order valence-electron chi connectivity index (χ4n) is 2.60. The highest BCUT2D eigenvalue weighted by Gasteiger charge is 2.08. The molecule has 1 aromatic heterocycles. The van der Waals surface area contributed by atoms with Crippen LogP contribution in [0, 0.1) is 20.2 Å². The Bertz CT molecular complexity index is 734. The normalized spacial score (nSPS) is 10.7. The van der Waals surface area contributed by atoms with Gasteiger partial charge in [0.25, 0.3) is 10.2 Å². The van der Waals surface area contributed by atoms with Gasteiger partial charge in [-0.25, -0.2) is 0 Å². The van der Waals surface area contributed by atoms with Crippen molar-refractivity contribution >= 4 is 16.6 Å². The molecule has 11 nitrogen and oxygen atoms in total. The van der Waals surface area contributed by atoms with E-state index in [9.17, 15) is 20.2 Å². The molecular formula is C16H21N5O6. The first-order valence-corrected chi connectivity index (χ1v) is 8.41. The zero-order chi connectivity index (χ0) is 19.5. The van der Waals surface area contributed by atoms with E-state index in [0.717, 1.165) is 23.0 Å². The van der Waals surface area contributed by atoms with Gasteiger partial charge in [-0.2, -0.15) is 0 Å². The van der Waals surface area contributed by atoms with Crippen LogP contribution in [0.2, 0.25) is 0 Å². The van der Waals surface area contributed by atoms with Crippen molar-refractivity contribution in [2.45, 2.75) is 6.42 Å². The van der Waals surface area contributed by atoms with Gasteiger partial charge in [0.05, 0.1) is 5.52 Å². The minimum absolute atomic E-state index is 0.103. The Labute approximate surface area is 155 Å². The van der Waals surface area contributed by atoms with Crippen LogP contribution in [-0.2, 0) is 9.68 Å². The van der Waals surface area contributed by atoms with Crippen LogP contribution in [0.15, 0.2) is 36.5 Å². The first-order chi connectivity index (χ1) is 13.1. The fourth-order valence-corrected chi connectivity index (χ4v) is 2.60. The number of benzene rings is 1. The van der Waals surface area contributed by atoms with Crippen molar-refractivity contribution < 1.29 is 19.8 Å². The summed E-state index contributed by atoms with van der Waals surface area (Å²) in [6.45, 7) is 1.59. The average Bonchev–Trinajstić information content (AvgIpc) is 2.64. The lowest BCUT2D eigenvalue weighted by atomic mass is 10.2. The molecule has 27 heavy (non-hydrogen) atoms. The second-order valence-corrected chi connectivity index (χ2v) is 5.61. The van der Waals surface area contributed by atoms with Crippen LogP contribution < -0.4 is 5.32 Å². The van der Waals surface area contributed by atoms with Gasteiger partial charge in [-0.15, -0.1) is 20.2 Å². The predicted molar refractivity (Wildman–Crippen MR) is 97.2 cm³/mol. The third-order valence-electron chi connectivity index (χ3n) is 3.82. The molecule has 0 spiro atoms. The van der Waals surface area contributed by atoms with Gasteiger partial charge >= 0.3 is 0 Å². The van der Waals surface area contributed by atoms with Gasteiger partial charge in [-0.3, -0.25) is 9.88 Å². The number of rotatable bonds is 13. The first-order valence-electron chi connectivity index (χ1n) is 8.41. The van der Waals surface area contributed by atoms with Gasteiger partial charge in [0.15, 0.2) is 0 Å². The summed E-state index contributed by atoms with van der Waals surface area (Å²) in [6.07, 6.45) is 2.47. The Hall–Kier alpha value is -3.21. The molecule has 0 fully saturated rings. The number of hydrogen-bond acceptors (Lipinski definition) is 9. The summed E-state index contributed by atoms with van der Waals surface area (Å²) in [5.74, 6) is 0. The summed E-state index contributed by atoms with van der Waals surface area (Å²) in [6, 6.07) is 9.70. The van der Waals surface area contributed by atoms with Crippen molar-refractivity contribution in [3.8, 4) is 0 Å². The van der Waals surface area contributed by atoms with Gasteiger partial charge in [0.2, 0.25) is 0 Å². The van der Waals surface area contributed by atoms with Gasteiger partial charge in [-0.05, 0) is 25.1 Å². The molecule has 0 bridgehead atoms. The summed E-state index contributed by atoms with van der Waals surface area (Å²) in [7, 11) is 0. The molecule has 0 amide bonds. The van der Waals surface area contributed by atoms with E-state index in [1.807, 2.05) is 35.2 Å². The number of pyridine rings is 1. The minimum atomic E-state index is -0.859. The lowest BCUT2D eigenvalue weighted by Gasteiger charge is -2.21. The molecule has 11 heteroatoms. The van der Waals surface area contributed by atoms with E-state index < -0.39 is 10.2 Å². The van der Waals surface area contributed by atoms with Crippen molar-refractivity contribution in [3.05, 3.63) is 56.8 Å². The van der Waals surface area contributed by atoms with Crippen molar-refractivity contribution in [2.24, 2.45) is 0 Å². The van der Waals surface area contributed by atoms with Crippen LogP contribution in [0.3, 0.4) is 0 Å². The number of aromatic nitrogens is 1. The van der Waals surface area contributed by atoms with E-state index in [4.69, 9.17) is 0 Å². The van der Waals surface area contributed by atoms with Crippen molar-refractivity contribution in [3.63, 3.8) is 0 Å². The van der Waals surface area contributed by atoms with E-state index in [2.05, 4.69) is 20.0 Å². The fraction of sp³-hybridized carbons (Fsp3) is 0.438. The number of nitrogens with zero attached hydrogens (tertiary/aromatic N) is 4. The molecule has 2 aromatic rings. The molecule has 0 saturated carbocycles. The molecule has 0 radical (unpaired) electrons. The Kier molecular flexibility index (Phi) is 7.97. The smallest absolute Gasteiger partial charge is 0.294 e. The molecule has 0 aliphatic carbocycles. The van der Waals surface area contributed by atoms with Gasteiger partial charge in [0, 0.05) is 36.9 Å². The predicted octanol–water partition coefficient (Wildman–Crippen LogP) is 1.76. The molecule has 0 aliphatic rings. The number of anilines is 1. The zero-order valence-corrected chi connectivity index (χ0v) is 14.7. The van der Waals surface area contributed by atoms with Crippen molar-refractivity contribution in [2.75, 3.05) is 44.7 Å². The zero-order valence-electron chi connectivity index (χ0n) is 14.7.